The lowest BCUT2D eigenvalue weighted by Crippen LogP contribution is -2.35. The predicted octanol–water partition coefficient (Wildman–Crippen LogP) is 2.40. The molecule has 1 aromatic rings. The second kappa shape index (κ2) is 7.26. The molecule has 106 valence electrons. The lowest BCUT2D eigenvalue weighted by Gasteiger charge is -2.28. The van der Waals surface area contributed by atoms with E-state index in [1.807, 2.05) is 11.8 Å². The molecule has 1 N–H and O–H groups in total. The van der Waals surface area contributed by atoms with Gasteiger partial charge in [-0.05, 0) is 37.5 Å². The molecule has 0 heterocycles. The Morgan fingerprint density at radius 2 is 2.05 bits per heavy atom. The van der Waals surface area contributed by atoms with Gasteiger partial charge in [0.05, 0.1) is 13.2 Å². The topological polar surface area (TPSA) is 49.8 Å². The third-order valence-corrected chi connectivity index (χ3v) is 3.48. The van der Waals surface area contributed by atoms with Crippen molar-refractivity contribution in [3.63, 3.8) is 0 Å². The molecule has 1 unspecified atom stereocenters. The fourth-order valence-corrected chi connectivity index (χ4v) is 2.03. The summed E-state index contributed by atoms with van der Waals surface area (Å²) in [5.74, 6) is -0.813. The van der Waals surface area contributed by atoms with Crippen LogP contribution in [0, 0.1) is 13.8 Å². The summed E-state index contributed by atoms with van der Waals surface area (Å²) in [5, 5.41) is 9.00. The van der Waals surface area contributed by atoms with Crippen LogP contribution in [-0.2, 0) is 9.53 Å². The molecule has 1 rings (SSSR count). The van der Waals surface area contributed by atoms with Crippen LogP contribution in [0.25, 0.3) is 0 Å². The zero-order valence-electron chi connectivity index (χ0n) is 12.1. The molecule has 0 spiro atoms. The maximum absolute atomic E-state index is 10.9. The van der Waals surface area contributed by atoms with Crippen LogP contribution in [0.15, 0.2) is 18.2 Å². The van der Waals surface area contributed by atoms with Crippen molar-refractivity contribution in [2.24, 2.45) is 0 Å². The number of aryl methyl sites for hydroxylation is 2. The fourth-order valence-electron chi connectivity index (χ4n) is 2.03. The molecule has 4 heteroatoms. The van der Waals surface area contributed by atoms with Crippen LogP contribution in [0.5, 0.6) is 0 Å². The zero-order chi connectivity index (χ0) is 14.4. The summed E-state index contributed by atoms with van der Waals surface area (Å²) in [6.07, 6.45) is 0. The maximum Gasteiger partial charge on any atom is 0.317 e. The number of carbonyl (C=O) groups is 1. The number of rotatable bonds is 7. The zero-order valence-corrected chi connectivity index (χ0v) is 12.1. The lowest BCUT2D eigenvalue weighted by molar-refractivity contribution is -0.139. The Morgan fingerprint density at radius 3 is 2.58 bits per heavy atom. The number of aliphatic carboxylic acids is 1. The number of methoxy groups -OCH3 is 1. The molecule has 0 aliphatic heterocycles. The van der Waals surface area contributed by atoms with Gasteiger partial charge in [-0.15, -0.1) is 0 Å². The molecule has 0 fully saturated rings. The molecule has 1 atom stereocenters. The summed E-state index contributed by atoms with van der Waals surface area (Å²) in [7, 11) is 1.62. The smallest absolute Gasteiger partial charge is 0.317 e. The van der Waals surface area contributed by atoms with E-state index in [2.05, 4.69) is 32.0 Å². The van der Waals surface area contributed by atoms with Crippen molar-refractivity contribution < 1.29 is 14.6 Å². The maximum atomic E-state index is 10.9. The third kappa shape index (κ3) is 4.65. The van der Waals surface area contributed by atoms with Gasteiger partial charge in [0.25, 0.3) is 0 Å². The Labute approximate surface area is 115 Å². The van der Waals surface area contributed by atoms with Gasteiger partial charge in [-0.2, -0.15) is 0 Å². The van der Waals surface area contributed by atoms with E-state index in [9.17, 15) is 4.79 Å². The minimum Gasteiger partial charge on any atom is -0.480 e. The quantitative estimate of drug-likeness (QED) is 0.822. The Morgan fingerprint density at radius 1 is 1.37 bits per heavy atom. The van der Waals surface area contributed by atoms with E-state index in [0.29, 0.717) is 13.2 Å². The number of nitrogens with zero attached hydrogens (tertiary/aromatic N) is 1. The van der Waals surface area contributed by atoms with Crippen molar-refractivity contribution in [2.45, 2.75) is 26.8 Å². The summed E-state index contributed by atoms with van der Waals surface area (Å²) in [6.45, 7) is 7.34. The number of ether oxygens (including phenoxy) is 1. The molecule has 0 aromatic heterocycles. The third-order valence-electron chi connectivity index (χ3n) is 3.48. The molecule has 4 nitrogen and oxygen atoms in total. The number of hydrogen-bond donors (Lipinski definition) is 1. The molecule has 0 saturated carbocycles. The molecule has 19 heavy (non-hydrogen) atoms. The molecule has 0 radical (unpaired) electrons. The number of carboxylic acid groups (broad SMARTS) is 1. The number of hydrogen-bond acceptors (Lipinski definition) is 3. The highest BCUT2D eigenvalue weighted by Crippen LogP contribution is 2.22. The van der Waals surface area contributed by atoms with Gasteiger partial charge in [0, 0.05) is 19.7 Å². The molecule has 0 saturated heterocycles. The summed E-state index contributed by atoms with van der Waals surface area (Å²) in [6, 6.07) is 6.33. The summed E-state index contributed by atoms with van der Waals surface area (Å²) in [4.78, 5) is 12.9. The second-order valence-corrected chi connectivity index (χ2v) is 4.88. The van der Waals surface area contributed by atoms with Gasteiger partial charge in [-0.25, -0.2) is 0 Å². The Hall–Kier alpha value is -1.39. The van der Waals surface area contributed by atoms with Gasteiger partial charge < -0.3 is 9.84 Å². The molecule has 0 aliphatic rings. The second-order valence-electron chi connectivity index (χ2n) is 4.88. The first-order chi connectivity index (χ1) is 8.95. The van der Waals surface area contributed by atoms with Crippen LogP contribution in [0.2, 0.25) is 0 Å². The van der Waals surface area contributed by atoms with Gasteiger partial charge in [-0.1, -0.05) is 18.2 Å². The summed E-state index contributed by atoms with van der Waals surface area (Å²) >= 11 is 0. The molecular formula is C15H23NO3. The van der Waals surface area contributed by atoms with Crippen molar-refractivity contribution in [1.82, 2.24) is 4.90 Å². The summed E-state index contributed by atoms with van der Waals surface area (Å²) < 4.78 is 5.05. The summed E-state index contributed by atoms with van der Waals surface area (Å²) in [5.41, 5.74) is 3.62. The van der Waals surface area contributed by atoms with E-state index in [1.54, 1.807) is 7.11 Å². The fraction of sp³-hybridized carbons (Fsp3) is 0.533. The van der Waals surface area contributed by atoms with E-state index in [-0.39, 0.29) is 12.6 Å². The lowest BCUT2D eigenvalue weighted by atomic mass is 10.0. The first kappa shape index (κ1) is 15.7. The highest BCUT2D eigenvalue weighted by Gasteiger charge is 2.18. The Bertz CT molecular complexity index is 431. The van der Waals surface area contributed by atoms with E-state index in [0.717, 1.165) is 5.56 Å². The number of carboxylic acids is 1. The average Bonchev–Trinajstić information content (AvgIpc) is 2.36. The van der Waals surface area contributed by atoms with Crippen LogP contribution >= 0.6 is 0 Å². The monoisotopic (exact) mass is 265 g/mol. The highest BCUT2D eigenvalue weighted by atomic mass is 16.5. The van der Waals surface area contributed by atoms with Crippen LogP contribution in [0.4, 0.5) is 0 Å². The molecule has 1 aromatic carbocycles. The van der Waals surface area contributed by atoms with Crippen LogP contribution in [0.3, 0.4) is 0 Å². The van der Waals surface area contributed by atoms with E-state index >= 15 is 0 Å². The Balaban J connectivity index is 2.86. The molecule has 0 amide bonds. The van der Waals surface area contributed by atoms with Gasteiger partial charge in [-0.3, -0.25) is 9.69 Å². The van der Waals surface area contributed by atoms with E-state index in [4.69, 9.17) is 9.84 Å². The minimum atomic E-state index is -0.813. The van der Waals surface area contributed by atoms with Gasteiger partial charge in [0.15, 0.2) is 0 Å². The van der Waals surface area contributed by atoms with Crippen molar-refractivity contribution in [1.29, 1.82) is 0 Å². The minimum absolute atomic E-state index is 0.0252. The van der Waals surface area contributed by atoms with Gasteiger partial charge in [0.1, 0.15) is 0 Å². The molecule has 0 aliphatic carbocycles. The SMILES string of the molecule is COCCN(CC(=O)O)C(C)c1ccc(C)c(C)c1. The van der Waals surface area contributed by atoms with Crippen LogP contribution in [0.1, 0.15) is 29.7 Å². The van der Waals surface area contributed by atoms with Crippen molar-refractivity contribution in [2.75, 3.05) is 26.8 Å². The average molecular weight is 265 g/mol. The van der Waals surface area contributed by atoms with Crippen LogP contribution in [-0.4, -0.2) is 42.8 Å². The van der Waals surface area contributed by atoms with Gasteiger partial charge >= 0.3 is 5.97 Å². The number of benzene rings is 1. The standard InChI is InChI=1S/C15H23NO3/c1-11-5-6-14(9-12(11)2)13(3)16(7-8-19-4)10-15(17)18/h5-6,9,13H,7-8,10H2,1-4H3,(H,17,18). The largest absolute Gasteiger partial charge is 0.480 e. The van der Waals surface area contributed by atoms with Gasteiger partial charge in [0.2, 0.25) is 0 Å². The molecule has 0 bridgehead atoms. The van der Waals surface area contributed by atoms with Crippen molar-refractivity contribution in [3.8, 4) is 0 Å². The van der Waals surface area contributed by atoms with Crippen molar-refractivity contribution >= 4 is 5.97 Å². The van der Waals surface area contributed by atoms with E-state index in [1.165, 1.54) is 11.1 Å². The van der Waals surface area contributed by atoms with Crippen molar-refractivity contribution in [3.05, 3.63) is 34.9 Å². The van der Waals surface area contributed by atoms with Crippen LogP contribution < -0.4 is 0 Å². The Kier molecular flexibility index (Phi) is 5.99. The first-order valence-electron chi connectivity index (χ1n) is 6.47. The predicted molar refractivity (Wildman–Crippen MR) is 75.4 cm³/mol. The highest BCUT2D eigenvalue weighted by molar-refractivity contribution is 5.69. The normalized spacial score (nSPS) is 12.7. The van der Waals surface area contributed by atoms with E-state index < -0.39 is 5.97 Å². The first-order valence-corrected chi connectivity index (χ1v) is 6.47. The molecular weight excluding hydrogens is 242 g/mol.